The fraction of sp³-hybridized carbons (Fsp3) is 0.0192. The average molecular weight is 716 g/mol. The molecular formula is C52H33N3O. The number of hydrogen-bond donors (Lipinski definition) is 1. The van der Waals surface area contributed by atoms with Crippen LogP contribution in [0.3, 0.4) is 0 Å². The topological polar surface area (TPSA) is 61.7 Å². The molecule has 0 saturated carbocycles. The van der Waals surface area contributed by atoms with Crippen LogP contribution in [0.1, 0.15) is 39.3 Å². The van der Waals surface area contributed by atoms with Gasteiger partial charge in [-0.3, -0.25) is 5.41 Å². The Morgan fingerprint density at radius 3 is 2.07 bits per heavy atom. The molecule has 10 aromatic rings. The van der Waals surface area contributed by atoms with Crippen LogP contribution in [0.4, 0.5) is 0 Å². The molecular weight excluding hydrogens is 683 g/mol. The highest BCUT2D eigenvalue weighted by Gasteiger charge is 2.29. The number of benzene rings is 9. The fourth-order valence-electron chi connectivity index (χ4n) is 8.72. The largest absolute Gasteiger partial charge is 0.455 e. The summed E-state index contributed by atoms with van der Waals surface area (Å²) in [7, 11) is 0. The molecule has 1 aromatic heterocycles. The van der Waals surface area contributed by atoms with Crippen molar-refractivity contribution in [1.82, 2.24) is 0 Å². The van der Waals surface area contributed by atoms with Crippen molar-refractivity contribution in [2.75, 3.05) is 0 Å². The molecule has 11 rings (SSSR count). The number of furan rings is 1. The molecule has 1 N–H and O–H groups in total. The summed E-state index contributed by atoms with van der Waals surface area (Å²) in [6.07, 6.45) is 1.92. The van der Waals surface area contributed by atoms with Gasteiger partial charge in [-0.15, -0.1) is 0 Å². The molecule has 1 atom stereocenters. The Bertz CT molecular complexity index is 3280. The van der Waals surface area contributed by atoms with Gasteiger partial charge in [-0.25, -0.2) is 9.98 Å². The third-order valence-corrected chi connectivity index (χ3v) is 11.3. The maximum Gasteiger partial charge on any atom is 0.161 e. The van der Waals surface area contributed by atoms with Gasteiger partial charge >= 0.3 is 0 Å². The summed E-state index contributed by atoms with van der Waals surface area (Å²) in [6, 6.07) is 63.7. The van der Waals surface area contributed by atoms with E-state index >= 15 is 0 Å². The molecule has 9 aromatic carbocycles. The van der Waals surface area contributed by atoms with E-state index in [4.69, 9.17) is 14.4 Å². The Hall–Kier alpha value is -7.43. The molecule has 0 saturated heterocycles. The highest BCUT2D eigenvalue weighted by Crippen LogP contribution is 2.49. The second-order valence-corrected chi connectivity index (χ2v) is 14.5. The lowest BCUT2D eigenvalue weighted by atomic mass is 9.73. The first-order chi connectivity index (χ1) is 27.7. The molecule has 0 fully saturated rings. The molecule has 1 aliphatic carbocycles. The molecule has 0 aliphatic heterocycles. The molecule has 4 heteroatoms. The molecule has 1 unspecified atom stereocenters. The molecule has 0 amide bonds. The highest BCUT2D eigenvalue weighted by molar-refractivity contribution is 6.19. The number of rotatable bonds is 4. The van der Waals surface area contributed by atoms with Gasteiger partial charge in [-0.2, -0.15) is 0 Å². The molecule has 0 radical (unpaired) electrons. The van der Waals surface area contributed by atoms with Crippen LogP contribution >= 0.6 is 0 Å². The molecule has 1 heterocycles. The zero-order valence-corrected chi connectivity index (χ0v) is 30.3. The van der Waals surface area contributed by atoms with Crippen molar-refractivity contribution in [1.29, 1.82) is 5.41 Å². The molecule has 4 nitrogen and oxygen atoms in total. The zero-order valence-electron chi connectivity index (χ0n) is 30.3. The third kappa shape index (κ3) is 5.19. The van der Waals surface area contributed by atoms with Crippen molar-refractivity contribution in [2.24, 2.45) is 9.98 Å². The van der Waals surface area contributed by atoms with E-state index in [1.165, 1.54) is 49.4 Å². The summed E-state index contributed by atoms with van der Waals surface area (Å²) in [5.74, 6) is 0.540. The Labute approximate surface area is 323 Å². The normalized spacial score (nSPS) is 14.0. The summed E-state index contributed by atoms with van der Waals surface area (Å²) >= 11 is 0. The molecule has 262 valence electrons. The standard InChI is InChI=1S/C52H33N3O/c53-51(44-25-12-23-42-40-21-8-9-26-47(40)56-50(42)44)55-52(33-13-2-1-3-14-33)54-31-38-28-37(27-36-17-6-7-20-39(36)38)49-43-24-11-19-32-18-10-22-41(48(32)43)45-29-34-15-4-5-16-35(34)30-46(45)49/h1-31,49,53H. The third-order valence-electron chi connectivity index (χ3n) is 11.3. The lowest BCUT2D eigenvalue weighted by molar-refractivity contribution is 0.668. The monoisotopic (exact) mass is 715 g/mol. The first-order valence-corrected chi connectivity index (χ1v) is 18.9. The second-order valence-electron chi connectivity index (χ2n) is 14.5. The lowest BCUT2D eigenvalue weighted by Gasteiger charge is -2.30. The van der Waals surface area contributed by atoms with Gasteiger partial charge < -0.3 is 4.42 Å². The van der Waals surface area contributed by atoms with E-state index in [2.05, 4.69) is 109 Å². The van der Waals surface area contributed by atoms with E-state index in [-0.39, 0.29) is 11.8 Å². The minimum absolute atomic E-state index is 0.00435. The molecule has 56 heavy (non-hydrogen) atoms. The van der Waals surface area contributed by atoms with Crippen molar-refractivity contribution in [3.63, 3.8) is 0 Å². The summed E-state index contributed by atoms with van der Waals surface area (Å²) < 4.78 is 6.28. The Kier molecular flexibility index (Phi) is 7.36. The number of hydrogen-bond acceptors (Lipinski definition) is 2. The van der Waals surface area contributed by atoms with Crippen molar-refractivity contribution in [2.45, 2.75) is 5.92 Å². The predicted octanol–water partition coefficient (Wildman–Crippen LogP) is 13.1. The first-order valence-electron chi connectivity index (χ1n) is 18.9. The quantitative estimate of drug-likeness (QED) is 0.143. The van der Waals surface area contributed by atoms with Gasteiger partial charge in [0.05, 0.1) is 5.56 Å². The van der Waals surface area contributed by atoms with Gasteiger partial charge in [0, 0.05) is 34.0 Å². The van der Waals surface area contributed by atoms with Crippen LogP contribution in [0, 0.1) is 5.41 Å². The van der Waals surface area contributed by atoms with Crippen molar-refractivity contribution in [3.8, 4) is 11.1 Å². The van der Waals surface area contributed by atoms with Crippen LogP contribution in [0.2, 0.25) is 0 Å². The van der Waals surface area contributed by atoms with Crippen molar-refractivity contribution < 1.29 is 4.42 Å². The van der Waals surface area contributed by atoms with Crippen molar-refractivity contribution in [3.05, 3.63) is 215 Å². The van der Waals surface area contributed by atoms with Gasteiger partial charge in [0.15, 0.2) is 11.7 Å². The van der Waals surface area contributed by atoms with E-state index in [1.54, 1.807) is 0 Å². The van der Waals surface area contributed by atoms with E-state index in [1.807, 2.05) is 79.0 Å². The zero-order chi connectivity index (χ0) is 37.2. The molecule has 1 aliphatic rings. The number of para-hydroxylation sites is 2. The Morgan fingerprint density at radius 1 is 0.536 bits per heavy atom. The Balaban J connectivity index is 1.08. The van der Waals surface area contributed by atoms with Crippen LogP contribution in [0.15, 0.2) is 196 Å². The van der Waals surface area contributed by atoms with Gasteiger partial charge in [-0.1, -0.05) is 152 Å². The highest BCUT2D eigenvalue weighted by atomic mass is 16.3. The maximum atomic E-state index is 9.27. The summed E-state index contributed by atoms with van der Waals surface area (Å²) in [5.41, 5.74) is 10.2. The van der Waals surface area contributed by atoms with Gasteiger partial charge in [-0.05, 0) is 90.5 Å². The number of aliphatic imine (C=N–C) groups is 2. The second kappa shape index (κ2) is 12.9. The number of amidine groups is 2. The van der Waals surface area contributed by atoms with Crippen LogP contribution in [-0.2, 0) is 0 Å². The smallest absolute Gasteiger partial charge is 0.161 e. The Morgan fingerprint density at radius 2 is 1.21 bits per heavy atom. The lowest BCUT2D eigenvalue weighted by Crippen LogP contribution is -2.11. The van der Waals surface area contributed by atoms with Crippen LogP contribution in [0.25, 0.3) is 65.4 Å². The summed E-state index contributed by atoms with van der Waals surface area (Å²) in [4.78, 5) is 10.00. The molecule has 0 bridgehead atoms. The van der Waals surface area contributed by atoms with Crippen LogP contribution in [-0.4, -0.2) is 17.9 Å². The average Bonchev–Trinajstić information content (AvgIpc) is 3.64. The minimum Gasteiger partial charge on any atom is -0.455 e. The van der Waals surface area contributed by atoms with Crippen molar-refractivity contribution >= 4 is 72.1 Å². The van der Waals surface area contributed by atoms with E-state index in [0.29, 0.717) is 17.0 Å². The van der Waals surface area contributed by atoms with Gasteiger partial charge in [0.25, 0.3) is 0 Å². The number of fused-ring (bicyclic) bond motifs is 7. The molecule has 0 spiro atoms. The first kappa shape index (κ1) is 32.0. The number of nitrogens with one attached hydrogen (secondary N) is 1. The van der Waals surface area contributed by atoms with Crippen LogP contribution < -0.4 is 0 Å². The maximum absolute atomic E-state index is 9.27. The van der Waals surface area contributed by atoms with E-state index in [9.17, 15) is 5.41 Å². The van der Waals surface area contributed by atoms with Gasteiger partial charge in [0.2, 0.25) is 0 Å². The van der Waals surface area contributed by atoms with E-state index < -0.39 is 0 Å². The van der Waals surface area contributed by atoms with E-state index in [0.717, 1.165) is 38.3 Å². The number of nitrogens with zero attached hydrogens (tertiary/aromatic N) is 2. The predicted molar refractivity (Wildman–Crippen MR) is 233 cm³/mol. The minimum atomic E-state index is 0.00435. The fourth-order valence-corrected chi connectivity index (χ4v) is 8.72. The summed E-state index contributed by atoms with van der Waals surface area (Å²) in [6.45, 7) is 0. The van der Waals surface area contributed by atoms with Crippen LogP contribution in [0.5, 0.6) is 0 Å². The SMILES string of the molecule is N=C(N=C(N=Cc1cc(C2c3cc4ccccc4cc3-c3cccc4cccc2c34)cc2ccccc12)c1ccccc1)c1cccc2c1oc1ccccc12. The summed E-state index contributed by atoms with van der Waals surface area (Å²) in [5, 5.41) is 18.5. The van der Waals surface area contributed by atoms with Gasteiger partial charge in [0.1, 0.15) is 11.2 Å².